The molecule has 2 aromatic carbocycles. The molecule has 3 aromatic rings. The largest absolute Gasteiger partial charge is 0.508 e. The van der Waals surface area contributed by atoms with Crippen molar-refractivity contribution in [2.24, 2.45) is 0 Å². The molecule has 0 radical (unpaired) electrons. The molecule has 1 aromatic heterocycles. The van der Waals surface area contributed by atoms with Gasteiger partial charge in [-0.2, -0.15) is 0 Å². The first-order chi connectivity index (χ1) is 10.6. The fourth-order valence-electron chi connectivity index (χ4n) is 2.48. The molecule has 0 unspecified atom stereocenters. The number of hydrogen-bond acceptors (Lipinski definition) is 4. The van der Waals surface area contributed by atoms with E-state index in [0.29, 0.717) is 11.8 Å². The Morgan fingerprint density at radius 1 is 1.05 bits per heavy atom. The lowest BCUT2D eigenvalue weighted by atomic mass is 10.1. The zero-order valence-electron chi connectivity index (χ0n) is 11.6. The Morgan fingerprint density at radius 3 is 2.45 bits per heavy atom. The summed E-state index contributed by atoms with van der Waals surface area (Å²) in [6, 6.07) is 13.6. The van der Waals surface area contributed by atoms with Gasteiger partial charge < -0.3 is 14.8 Å². The van der Waals surface area contributed by atoms with Gasteiger partial charge in [0.25, 0.3) is 5.56 Å². The average molecular weight is 295 g/mol. The normalized spacial score (nSPS) is 10.7. The van der Waals surface area contributed by atoms with Gasteiger partial charge in [0.15, 0.2) is 6.29 Å². The van der Waals surface area contributed by atoms with E-state index in [0.717, 1.165) is 5.56 Å². The first-order valence-corrected chi connectivity index (χ1v) is 6.69. The van der Waals surface area contributed by atoms with Gasteiger partial charge in [-0.25, -0.2) is 0 Å². The van der Waals surface area contributed by atoms with E-state index in [2.05, 4.69) is 0 Å². The van der Waals surface area contributed by atoms with Crippen LogP contribution in [0.3, 0.4) is 0 Å². The molecule has 0 atom stereocenters. The highest BCUT2D eigenvalue weighted by Crippen LogP contribution is 2.29. The highest BCUT2D eigenvalue weighted by molar-refractivity contribution is 5.94. The minimum Gasteiger partial charge on any atom is -0.508 e. The number of phenols is 1. The maximum Gasteiger partial charge on any atom is 0.265 e. The van der Waals surface area contributed by atoms with Crippen molar-refractivity contribution in [1.82, 2.24) is 4.57 Å². The quantitative estimate of drug-likeness (QED) is 0.726. The summed E-state index contributed by atoms with van der Waals surface area (Å²) < 4.78 is 1.41. The molecule has 1 heterocycles. The van der Waals surface area contributed by atoms with Gasteiger partial charge in [-0.3, -0.25) is 9.59 Å². The Balaban J connectivity index is 2.33. The van der Waals surface area contributed by atoms with Crippen molar-refractivity contribution in [3.8, 4) is 11.5 Å². The minimum atomic E-state index is -0.561. The summed E-state index contributed by atoms with van der Waals surface area (Å²) in [5.74, 6) is -0.459. The highest BCUT2D eigenvalue weighted by atomic mass is 16.3. The van der Waals surface area contributed by atoms with Gasteiger partial charge in [0.2, 0.25) is 0 Å². The molecular weight excluding hydrogens is 282 g/mol. The number of benzene rings is 2. The molecular formula is C17H13NO4. The molecule has 0 amide bonds. The monoisotopic (exact) mass is 295 g/mol. The van der Waals surface area contributed by atoms with Crippen molar-refractivity contribution in [3.63, 3.8) is 0 Å². The molecule has 5 heteroatoms. The number of aromatic hydroxyl groups is 2. The lowest BCUT2D eigenvalue weighted by molar-refractivity contribution is 0.111. The number of aromatic nitrogens is 1. The summed E-state index contributed by atoms with van der Waals surface area (Å²) in [7, 11) is 0. The Kier molecular flexibility index (Phi) is 3.39. The minimum absolute atomic E-state index is 0.0513. The lowest BCUT2D eigenvalue weighted by Gasteiger charge is -2.13. The standard InChI is InChI=1S/C17H13NO4/c19-10-14-16(21)13-8-12(20)6-7-15(13)18(17(14)22)9-11-4-2-1-3-5-11/h1-8,10,20-21H,9H2. The summed E-state index contributed by atoms with van der Waals surface area (Å²) in [5, 5.41) is 19.9. The smallest absolute Gasteiger partial charge is 0.265 e. The second-order valence-electron chi connectivity index (χ2n) is 4.96. The molecule has 0 saturated carbocycles. The molecule has 0 spiro atoms. The highest BCUT2D eigenvalue weighted by Gasteiger charge is 2.16. The van der Waals surface area contributed by atoms with Crippen LogP contribution in [0, 0.1) is 0 Å². The van der Waals surface area contributed by atoms with E-state index in [9.17, 15) is 19.8 Å². The Hall–Kier alpha value is -3.08. The van der Waals surface area contributed by atoms with Gasteiger partial charge in [-0.1, -0.05) is 30.3 Å². The number of nitrogens with zero attached hydrogens (tertiary/aromatic N) is 1. The van der Waals surface area contributed by atoms with Gasteiger partial charge in [0.1, 0.15) is 17.1 Å². The third kappa shape index (κ3) is 2.22. The van der Waals surface area contributed by atoms with Crippen LogP contribution in [-0.2, 0) is 6.54 Å². The summed E-state index contributed by atoms with van der Waals surface area (Å²) in [6.45, 7) is 0.266. The van der Waals surface area contributed by atoms with Crippen molar-refractivity contribution < 1.29 is 15.0 Å². The molecule has 0 aliphatic heterocycles. The van der Waals surface area contributed by atoms with Gasteiger partial charge in [0.05, 0.1) is 12.1 Å². The predicted molar refractivity (Wildman–Crippen MR) is 82.5 cm³/mol. The van der Waals surface area contributed by atoms with E-state index < -0.39 is 11.3 Å². The van der Waals surface area contributed by atoms with Crippen LogP contribution in [0.5, 0.6) is 11.5 Å². The van der Waals surface area contributed by atoms with E-state index in [1.807, 2.05) is 30.3 Å². The number of aldehydes is 1. The summed E-state index contributed by atoms with van der Waals surface area (Å²) >= 11 is 0. The van der Waals surface area contributed by atoms with Crippen LogP contribution in [0.15, 0.2) is 53.3 Å². The molecule has 3 rings (SSSR count). The molecule has 0 bridgehead atoms. The van der Waals surface area contributed by atoms with Gasteiger partial charge in [0, 0.05) is 5.39 Å². The van der Waals surface area contributed by atoms with E-state index in [-0.39, 0.29) is 23.2 Å². The second-order valence-corrected chi connectivity index (χ2v) is 4.96. The van der Waals surface area contributed by atoms with Crippen LogP contribution >= 0.6 is 0 Å². The van der Waals surface area contributed by atoms with E-state index in [4.69, 9.17) is 0 Å². The topological polar surface area (TPSA) is 79.5 Å². The first kappa shape index (κ1) is 13.9. The van der Waals surface area contributed by atoms with Gasteiger partial charge in [-0.15, -0.1) is 0 Å². The molecule has 22 heavy (non-hydrogen) atoms. The fraction of sp³-hybridized carbons (Fsp3) is 0.0588. The second kappa shape index (κ2) is 5.37. The van der Waals surface area contributed by atoms with Crippen LogP contribution in [0.1, 0.15) is 15.9 Å². The SMILES string of the molecule is O=Cc1c(O)c2cc(O)ccc2n(Cc2ccccc2)c1=O. The third-order valence-corrected chi connectivity index (χ3v) is 3.56. The summed E-state index contributed by atoms with van der Waals surface area (Å²) in [5.41, 5.74) is 0.472. The van der Waals surface area contributed by atoms with Crippen molar-refractivity contribution in [3.05, 3.63) is 70.0 Å². The first-order valence-electron chi connectivity index (χ1n) is 6.69. The molecule has 0 fully saturated rings. The van der Waals surface area contributed by atoms with Crippen LogP contribution in [-0.4, -0.2) is 21.1 Å². The third-order valence-electron chi connectivity index (χ3n) is 3.56. The Morgan fingerprint density at radius 2 is 1.77 bits per heavy atom. The fourth-order valence-corrected chi connectivity index (χ4v) is 2.48. The van der Waals surface area contributed by atoms with E-state index in [1.165, 1.54) is 16.7 Å². The number of phenolic OH excluding ortho intramolecular Hbond substituents is 1. The number of carbonyl (C=O) groups is 1. The van der Waals surface area contributed by atoms with E-state index in [1.54, 1.807) is 6.07 Å². The number of pyridine rings is 1. The molecule has 0 aliphatic rings. The van der Waals surface area contributed by atoms with E-state index >= 15 is 0 Å². The number of hydrogen-bond donors (Lipinski definition) is 2. The van der Waals surface area contributed by atoms with Gasteiger partial charge >= 0.3 is 0 Å². The average Bonchev–Trinajstić information content (AvgIpc) is 2.53. The molecule has 2 N–H and O–H groups in total. The number of fused-ring (bicyclic) bond motifs is 1. The van der Waals surface area contributed by atoms with Crippen molar-refractivity contribution in [2.75, 3.05) is 0 Å². The maximum absolute atomic E-state index is 12.4. The summed E-state index contributed by atoms with van der Waals surface area (Å²) in [6.07, 6.45) is 0.336. The van der Waals surface area contributed by atoms with Gasteiger partial charge in [-0.05, 0) is 23.8 Å². The Labute approximate surface area is 125 Å². The van der Waals surface area contributed by atoms with Crippen molar-refractivity contribution in [2.45, 2.75) is 6.54 Å². The molecule has 0 saturated heterocycles. The molecule has 5 nitrogen and oxygen atoms in total. The van der Waals surface area contributed by atoms with Crippen LogP contribution < -0.4 is 5.56 Å². The molecule has 110 valence electrons. The summed E-state index contributed by atoms with van der Waals surface area (Å²) in [4.78, 5) is 23.6. The lowest BCUT2D eigenvalue weighted by Crippen LogP contribution is -2.24. The molecule has 0 aliphatic carbocycles. The van der Waals surface area contributed by atoms with Crippen molar-refractivity contribution >= 4 is 17.2 Å². The van der Waals surface area contributed by atoms with Crippen LogP contribution in [0.25, 0.3) is 10.9 Å². The number of rotatable bonds is 3. The number of carbonyl (C=O) groups excluding carboxylic acids is 1. The predicted octanol–water partition coefficient (Wildman–Crippen LogP) is 2.27. The Bertz CT molecular complexity index is 913. The maximum atomic E-state index is 12.4. The zero-order valence-corrected chi connectivity index (χ0v) is 11.6. The van der Waals surface area contributed by atoms with Crippen LogP contribution in [0.2, 0.25) is 0 Å². The van der Waals surface area contributed by atoms with Crippen LogP contribution in [0.4, 0.5) is 0 Å². The van der Waals surface area contributed by atoms with Crippen molar-refractivity contribution in [1.29, 1.82) is 0 Å². The zero-order chi connectivity index (χ0) is 15.7.